The van der Waals surface area contributed by atoms with Gasteiger partial charge in [0.2, 0.25) is 13.4 Å². The zero-order valence-electron chi connectivity index (χ0n) is 34.4. The van der Waals surface area contributed by atoms with E-state index in [1.54, 1.807) is 0 Å². The maximum Gasteiger partial charge on any atom is 0.247 e. The van der Waals surface area contributed by atoms with Crippen molar-refractivity contribution in [1.29, 1.82) is 0 Å². The first-order chi connectivity index (χ1) is 26.5. The van der Waals surface area contributed by atoms with E-state index in [0.29, 0.717) is 29.6 Å². The van der Waals surface area contributed by atoms with Crippen molar-refractivity contribution in [3.8, 4) is 0 Å². The second-order valence-electron chi connectivity index (χ2n) is 17.4. The van der Waals surface area contributed by atoms with Gasteiger partial charge in [0.05, 0.1) is 0 Å². The first-order valence-corrected chi connectivity index (χ1v) is 21.5. The van der Waals surface area contributed by atoms with Crippen LogP contribution in [0, 0.1) is 0 Å². The van der Waals surface area contributed by atoms with E-state index in [9.17, 15) is 0 Å². The Kier molecular flexibility index (Phi) is 10.2. The summed E-state index contributed by atoms with van der Waals surface area (Å²) in [5, 5.41) is 0. The molecular formula is C51H55B2NS. The van der Waals surface area contributed by atoms with Gasteiger partial charge in [-0.2, -0.15) is 0 Å². The van der Waals surface area contributed by atoms with E-state index in [1.807, 2.05) is 11.8 Å². The number of para-hydroxylation sites is 2. The molecule has 6 aromatic rings. The lowest BCUT2D eigenvalue weighted by Gasteiger charge is -2.40. The van der Waals surface area contributed by atoms with Gasteiger partial charge in [-0.3, -0.25) is 0 Å². The monoisotopic (exact) mass is 735 g/mol. The van der Waals surface area contributed by atoms with Crippen LogP contribution < -0.4 is 37.7 Å². The molecule has 6 aromatic carbocycles. The van der Waals surface area contributed by atoms with Gasteiger partial charge in [-0.1, -0.05) is 188 Å². The molecule has 0 bridgehead atoms. The minimum Gasteiger partial charge on any atom is -0.312 e. The lowest BCUT2D eigenvalue weighted by molar-refractivity contribution is 0.812. The third-order valence-corrected chi connectivity index (χ3v) is 13.3. The molecule has 2 aliphatic heterocycles. The molecule has 4 heteroatoms. The molecule has 0 N–H and O–H groups in total. The van der Waals surface area contributed by atoms with Crippen molar-refractivity contribution in [3.63, 3.8) is 0 Å². The van der Waals surface area contributed by atoms with Crippen LogP contribution in [-0.4, -0.2) is 13.4 Å². The Morgan fingerprint density at radius 3 is 1.15 bits per heavy atom. The fourth-order valence-corrected chi connectivity index (χ4v) is 10.6. The van der Waals surface area contributed by atoms with Gasteiger partial charge in [-0.25, -0.2) is 0 Å². The molecule has 0 amide bonds. The Morgan fingerprint density at radius 2 is 0.745 bits per heavy atom. The molecule has 0 unspecified atom stereocenters. The third kappa shape index (κ3) is 6.49. The molecule has 2 aliphatic rings. The van der Waals surface area contributed by atoms with Gasteiger partial charge in [0.1, 0.15) is 0 Å². The van der Waals surface area contributed by atoms with E-state index in [-0.39, 0.29) is 13.4 Å². The lowest BCUT2D eigenvalue weighted by atomic mass is 9.33. The number of rotatable bonds is 8. The first kappa shape index (κ1) is 37.5. The molecule has 8 rings (SSSR count). The van der Waals surface area contributed by atoms with Gasteiger partial charge in [-0.15, -0.1) is 0 Å². The highest BCUT2D eigenvalue weighted by atomic mass is 32.2. The molecule has 0 spiro atoms. The smallest absolute Gasteiger partial charge is 0.247 e. The minimum absolute atomic E-state index is 0.140. The fourth-order valence-electron chi connectivity index (χ4n) is 9.42. The van der Waals surface area contributed by atoms with E-state index in [4.69, 9.17) is 0 Å². The third-order valence-electron chi connectivity index (χ3n) is 12.1. The second-order valence-corrected chi connectivity index (χ2v) is 18.5. The van der Waals surface area contributed by atoms with Crippen LogP contribution in [0.5, 0.6) is 0 Å². The summed E-state index contributed by atoms with van der Waals surface area (Å²) < 4.78 is 0. The van der Waals surface area contributed by atoms with Crippen LogP contribution in [-0.2, 0) is 0 Å². The van der Waals surface area contributed by atoms with E-state index in [1.165, 1.54) is 87.4 Å². The number of anilines is 3. The second kappa shape index (κ2) is 14.9. The topological polar surface area (TPSA) is 3.24 Å². The molecule has 276 valence electrons. The Hall–Kier alpha value is -4.40. The molecule has 0 fully saturated rings. The Balaban J connectivity index is 1.39. The highest BCUT2D eigenvalue weighted by Gasteiger charge is 2.40. The molecule has 0 saturated carbocycles. The molecule has 0 aromatic heterocycles. The van der Waals surface area contributed by atoms with Crippen LogP contribution in [0.2, 0.25) is 0 Å². The number of benzene rings is 6. The van der Waals surface area contributed by atoms with Crippen molar-refractivity contribution in [2.75, 3.05) is 4.90 Å². The summed E-state index contributed by atoms with van der Waals surface area (Å²) >= 11 is 1.92. The number of hydrogen-bond acceptors (Lipinski definition) is 2. The molecular weight excluding hydrogens is 680 g/mol. The van der Waals surface area contributed by atoms with Crippen molar-refractivity contribution in [2.24, 2.45) is 0 Å². The van der Waals surface area contributed by atoms with Gasteiger partial charge in [0.25, 0.3) is 0 Å². The maximum atomic E-state index is 2.59. The molecule has 0 radical (unpaired) electrons. The molecule has 0 aliphatic carbocycles. The van der Waals surface area contributed by atoms with E-state index in [0.717, 1.165) is 0 Å². The standard InChI is InChI=1S/C51H55B2NS/c1-31(2)36-27-38(32(3)4)50(39(28-36)33(5)6)52-42-19-11-15-23-46(42)54(47-24-16-12-20-43(47)52)37-29-40(34(7)8)51(41(30-37)35(9)10)53-44-21-13-17-25-48(44)55-49-26-18-14-22-45(49)53/h11-35H,1-10H3. The number of nitrogens with zero attached hydrogens (tertiary/aromatic N) is 1. The summed E-state index contributed by atoms with van der Waals surface area (Å²) in [4.78, 5) is 5.33. The largest absolute Gasteiger partial charge is 0.312 e. The van der Waals surface area contributed by atoms with Crippen molar-refractivity contribution in [3.05, 3.63) is 149 Å². The van der Waals surface area contributed by atoms with Crippen LogP contribution in [0.1, 0.15) is 127 Å². The molecule has 0 saturated heterocycles. The van der Waals surface area contributed by atoms with Gasteiger partial charge >= 0.3 is 0 Å². The van der Waals surface area contributed by atoms with Crippen LogP contribution >= 0.6 is 11.8 Å². The fraction of sp³-hybridized carbons (Fsp3) is 0.294. The zero-order chi connectivity index (χ0) is 38.7. The van der Waals surface area contributed by atoms with Gasteiger partial charge in [0, 0.05) is 26.9 Å². The van der Waals surface area contributed by atoms with E-state index < -0.39 is 0 Å². The van der Waals surface area contributed by atoms with Crippen LogP contribution in [0.4, 0.5) is 17.1 Å². The lowest BCUT2D eigenvalue weighted by Crippen LogP contribution is -2.59. The molecule has 2 heterocycles. The van der Waals surface area contributed by atoms with E-state index in [2.05, 4.69) is 195 Å². The van der Waals surface area contributed by atoms with Crippen LogP contribution in [0.25, 0.3) is 0 Å². The van der Waals surface area contributed by atoms with Gasteiger partial charge < -0.3 is 4.90 Å². The predicted molar refractivity (Wildman–Crippen MR) is 244 cm³/mol. The van der Waals surface area contributed by atoms with Crippen molar-refractivity contribution >= 4 is 75.0 Å². The normalized spacial score (nSPS) is 13.5. The first-order valence-electron chi connectivity index (χ1n) is 20.6. The number of fused-ring (bicyclic) bond motifs is 4. The Morgan fingerprint density at radius 1 is 0.400 bits per heavy atom. The predicted octanol–water partition coefficient (Wildman–Crippen LogP) is 10.6. The SMILES string of the molecule is CC(C)c1cc(C(C)C)c(B2c3ccccc3N(c3cc(C(C)C)c(B4c5ccccc5Sc5ccccc54)c(C(C)C)c3)c3ccccc32)c(C(C)C)c1. The summed E-state index contributed by atoms with van der Waals surface area (Å²) in [7, 11) is 0. The maximum absolute atomic E-state index is 2.59. The average molecular weight is 736 g/mol. The zero-order valence-corrected chi connectivity index (χ0v) is 35.3. The summed E-state index contributed by atoms with van der Waals surface area (Å²) in [5.74, 6) is 1.98. The Bertz CT molecular complexity index is 2240. The minimum atomic E-state index is 0.140. The summed E-state index contributed by atoms with van der Waals surface area (Å²) in [6.45, 7) is 24.0. The van der Waals surface area contributed by atoms with Crippen LogP contribution in [0.15, 0.2) is 131 Å². The average Bonchev–Trinajstić information content (AvgIpc) is 3.17. The Labute approximate surface area is 336 Å². The summed E-state index contributed by atoms with van der Waals surface area (Å²) in [6, 6.07) is 46.9. The summed E-state index contributed by atoms with van der Waals surface area (Å²) in [6.07, 6.45) is 0. The molecule has 55 heavy (non-hydrogen) atoms. The quantitative estimate of drug-likeness (QED) is 0.143. The van der Waals surface area contributed by atoms with Crippen molar-refractivity contribution < 1.29 is 0 Å². The highest BCUT2D eigenvalue weighted by Crippen LogP contribution is 2.40. The van der Waals surface area contributed by atoms with Gasteiger partial charge in [0.15, 0.2) is 0 Å². The van der Waals surface area contributed by atoms with Gasteiger partial charge in [-0.05, 0) is 105 Å². The summed E-state index contributed by atoms with van der Waals surface area (Å²) in [5.41, 5.74) is 19.7. The molecule has 0 atom stereocenters. The number of hydrogen-bond donors (Lipinski definition) is 0. The van der Waals surface area contributed by atoms with Crippen molar-refractivity contribution in [1.82, 2.24) is 0 Å². The van der Waals surface area contributed by atoms with E-state index >= 15 is 0 Å². The van der Waals surface area contributed by atoms with Crippen LogP contribution in [0.3, 0.4) is 0 Å². The highest BCUT2D eigenvalue weighted by molar-refractivity contribution is 8.00. The van der Waals surface area contributed by atoms with Crippen molar-refractivity contribution in [2.45, 2.75) is 109 Å². The molecule has 1 nitrogen and oxygen atoms in total.